The smallest absolute Gasteiger partial charge is 0.343 e. The summed E-state index contributed by atoms with van der Waals surface area (Å²) in [6.07, 6.45) is 1.49. The number of hydrogen-bond donors (Lipinski definition) is 0. The largest absolute Gasteiger partial charge is 0.497 e. The third-order valence-corrected chi connectivity index (χ3v) is 5.32. The van der Waals surface area contributed by atoms with Gasteiger partial charge in [-0.05, 0) is 48.5 Å². The van der Waals surface area contributed by atoms with Crippen LogP contribution < -0.4 is 10.3 Å². The van der Waals surface area contributed by atoms with Crippen LogP contribution in [0.2, 0.25) is 0 Å². The number of esters is 1. The molecule has 9 nitrogen and oxygen atoms in total. The molecule has 35 heavy (non-hydrogen) atoms. The van der Waals surface area contributed by atoms with E-state index in [1.807, 2.05) is 0 Å². The maximum absolute atomic E-state index is 13.4. The van der Waals surface area contributed by atoms with E-state index in [0.29, 0.717) is 33.6 Å². The van der Waals surface area contributed by atoms with Crippen molar-refractivity contribution in [1.82, 2.24) is 24.8 Å². The number of nitrogens with zero attached hydrogens (tertiary/aromatic N) is 5. The Morgan fingerprint density at radius 2 is 1.83 bits per heavy atom. The van der Waals surface area contributed by atoms with E-state index in [-0.39, 0.29) is 5.56 Å². The molecule has 0 unspecified atom stereocenters. The Kier molecular flexibility index (Phi) is 5.76. The number of fused-ring (bicyclic) bond motifs is 1. The van der Waals surface area contributed by atoms with Gasteiger partial charge in [-0.1, -0.05) is 29.5 Å². The SMILES string of the molecule is COc1cccc(-c2nn(-c3ccc(F)cc3)cc2C(=O)OCn2nnc3ccccc3c2=O)c1. The topological polar surface area (TPSA) is 101 Å². The lowest BCUT2D eigenvalue weighted by Gasteiger charge is -2.07. The molecule has 0 radical (unpaired) electrons. The van der Waals surface area contributed by atoms with Crippen LogP contribution in [0, 0.1) is 5.82 Å². The molecule has 0 atom stereocenters. The summed E-state index contributed by atoms with van der Waals surface area (Å²) in [7, 11) is 1.54. The molecule has 2 heterocycles. The van der Waals surface area contributed by atoms with Crippen molar-refractivity contribution < 1.29 is 18.7 Å². The number of carbonyl (C=O) groups is 1. The summed E-state index contributed by atoms with van der Waals surface area (Å²) in [6, 6.07) is 19.5. The van der Waals surface area contributed by atoms with Crippen LogP contribution >= 0.6 is 0 Å². The van der Waals surface area contributed by atoms with Gasteiger partial charge in [0.05, 0.1) is 18.2 Å². The summed E-state index contributed by atoms with van der Waals surface area (Å²) in [5.74, 6) is -0.537. The molecule has 2 aromatic heterocycles. The molecule has 10 heteroatoms. The van der Waals surface area contributed by atoms with E-state index in [0.717, 1.165) is 4.68 Å². The summed E-state index contributed by atoms with van der Waals surface area (Å²) >= 11 is 0. The maximum atomic E-state index is 13.4. The van der Waals surface area contributed by atoms with Crippen LogP contribution in [-0.4, -0.2) is 37.9 Å². The van der Waals surface area contributed by atoms with Gasteiger partial charge in [0.1, 0.15) is 28.3 Å². The van der Waals surface area contributed by atoms with Gasteiger partial charge in [0.15, 0.2) is 6.73 Å². The van der Waals surface area contributed by atoms with Gasteiger partial charge < -0.3 is 9.47 Å². The van der Waals surface area contributed by atoms with Crippen LogP contribution in [0.1, 0.15) is 10.4 Å². The summed E-state index contributed by atoms with van der Waals surface area (Å²) in [6.45, 7) is -0.436. The van der Waals surface area contributed by atoms with Gasteiger partial charge in [-0.25, -0.2) is 13.9 Å². The van der Waals surface area contributed by atoms with Crippen LogP contribution in [0.15, 0.2) is 83.8 Å². The van der Waals surface area contributed by atoms with Crippen LogP contribution in [0.5, 0.6) is 5.75 Å². The van der Waals surface area contributed by atoms with Gasteiger partial charge in [-0.3, -0.25) is 4.79 Å². The third-order valence-electron chi connectivity index (χ3n) is 5.32. The van der Waals surface area contributed by atoms with E-state index in [1.165, 1.54) is 42.3 Å². The molecule has 3 aromatic carbocycles. The zero-order chi connectivity index (χ0) is 24.4. The van der Waals surface area contributed by atoms with Gasteiger partial charge in [-0.2, -0.15) is 9.78 Å². The minimum Gasteiger partial charge on any atom is -0.497 e. The molecule has 0 aliphatic carbocycles. The maximum Gasteiger partial charge on any atom is 0.343 e. The fourth-order valence-electron chi connectivity index (χ4n) is 3.54. The molecule has 0 aliphatic heterocycles. The summed E-state index contributed by atoms with van der Waals surface area (Å²) in [5.41, 5.74) is 1.64. The predicted molar refractivity (Wildman–Crippen MR) is 125 cm³/mol. The molecule has 0 saturated carbocycles. The normalized spacial score (nSPS) is 10.9. The molecular weight excluding hydrogens is 453 g/mol. The Hall–Kier alpha value is -4.86. The molecular formula is C25H18FN5O4. The van der Waals surface area contributed by atoms with E-state index in [9.17, 15) is 14.0 Å². The monoisotopic (exact) mass is 471 g/mol. The first kappa shape index (κ1) is 22.0. The highest BCUT2D eigenvalue weighted by Crippen LogP contribution is 2.27. The minimum absolute atomic E-state index is 0.143. The van der Waals surface area contributed by atoms with Crippen LogP contribution in [0.4, 0.5) is 4.39 Å². The molecule has 0 amide bonds. The average molecular weight is 471 g/mol. The van der Waals surface area contributed by atoms with E-state index in [4.69, 9.17) is 9.47 Å². The Morgan fingerprint density at radius 3 is 2.63 bits per heavy atom. The number of ether oxygens (including phenoxy) is 2. The first-order valence-electron chi connectivity index (χ1n) is 10.5. The van der Waals surface area contributed by atoms with E-state index in [1.54, 1.807) is 48.5 Å². The second-order valence-corrected chi connectivity index (χ2v) is 7.52. The predicted octanol–water partition coefficient (Wildman–Crippen LogP) is 3.61. The molecule has 174 valence electrons. The first-order valence-corrected chi connectivity index (χ1v) is 10.5. The second kappa shape index (κ2) is 9.18. The first-order chi connectivity index (χ1) is 17.0. The fraction of sp³-hybridized carbons (Fsp3) is 0.0800. The Balaban J connectivity index is 1.49. The lowest BCUT2D eigenvalue weighted by Crippen LogP contribution is -2.26. The number of methoxy groups -OCH3 is 1. The minimum atomic E-state index is -0.724. The zero-order valence-electron chi connectivity index (χ0n) is 18.5. The van der Waals surface area contributed by atoms with Crippen LogP contribution in [0.3, 0.4) is 0 Å². The van der Waals surface area contributed by atoms with Gasteiger partial charge >= 0.3 is 5.97 Å². The quantitative estimate of drug-likeness (QED) is 0.349. The van der Waals surface area contributed by atoms with Crippen molar-refractivity contribution >= 4 is 16.9 Å². The van der Waals surface area contributed by atoms with Gasteiger partial charge in [0, 0.05) is 11.8 Å². The van der Waals surface area contributed by atoms with E-state index >= 15 is 0 Å². The van der Waals surface area contributed by atoms with E-state index < -0.39 is 24.1 Å². The second-order valence-electron chi connectivity index (χ2n) is 7.52. The highest BCUT2D eigenvalue weighted by Gasteiger charge is 2.21. The molecule has 5 aromatic rings. The summed E-state index contributed by atoms with van der Waals surface area (Å²) in [5, 5.41) is 12.7. The lowest BCUT2D eigenvalue weighted by atomic mass is 10.1. The van der Waals surface area contributed by atoms with Gasteiger partial charge in [-0.15, -0.1) is 5.10 Å². The Morgan fingerprint density at radius 1 is 1.03 bits per heavy atom. The highest BCUT2D eigenvalue weighted by atomic mass is 19.1. The number of rotatable bonds is 6. The van der Waals surface area contributed by atoms with Crippen molar-refractivity contribution in [2.75, 3.05) is 7.11 Å². The van der Waals surface area contributed by atoms with Crippen molar-refractivity contribution in [3.63, 3.8) is 0 Å². The average Bonchev–Trinajstić information content (AvgIpc) is 3.34. The van der Waals surface area contributed by atoms with Crippen LogP contribution in [-0.2, 0) is 11.5 Å². The Bertz CT molecular complexity index is 1590. The summed E-state index contributed by atoms with van der Waals surface area (Å²) in [4.78, 5) is 25.8. The molecule has 0 N–H and O–H groups in total. The van der Waals surface area contributed by atoms with Gasteiger partial charge in [0.25, 0.3) is 5.56 Å². The molecule has 0 saturated heterocycles. The van der Waals surface area contributed by atoms with Crippen molar-refractivity contribution in [2.24, 2.45) is 0 Å². The molecule has 0 spiro atoms. The number of aromatic nitrogens is 5. The molecule has 5 rings (SSSR count). The molecule has 0 fully saturated rings. The Labute approximate surface area is 198 Å². The fourth-order valence-corrected chi connectivity index (χ4v) is 3.54. The zero-order valence-corrected chi connectivity index (χ0v) is 18.5. The van der Waals surface area contributed by atoms with Crippen molar-refractivity contribution in [2.45, 2.75) is 6.73 Å². The van der Waals surface area contributed by atoms with E-state index in [2.05, 4.69) is 15.4 Å². The molecule has 0 bridgehead atoms. The number of carbonyl (C=O) groups excluding carboxylic acids is 1. The van der Waals surface area contributed by atoms with Crippen molar-refractivity contribution in [3.05, 3.63) is 101 Å². The van der Waals surface area contributed by atoms with Crippen LogP contribution in [0.25, 0.3) is 27.8 Å². The van der Waals surface area contributed by atoms with Crippen molar-refractivity contribution in [3.8, 4) is 22.7 Å². The van der Waals surface area contributed by atoms with Gasteiger partial charge in [0.2, 0.25) is 0 Å². The number of benzene rings is 3. The number of hydrogen-bond acceptors (Lipinski definition) is 7. The molecule has 0 aliphatic rings. The third kappa shape index (κ3) is 4.36. The standard InChI is InChI=1S/C25H18FN5O4/c1-34-19-6-4-5-16(13-19)23-21(14-30(28-23)18-11-9-17(26)10-12-18)25(33)35-15-31-24(32)20-7-2-3-8-22(20)27-29-31/h2-14H,15H2,1H3. The highest BCUT2D eigenvalue weighted by molar-refractivity contribution is 5.96. The summed E-state index contributed by atoms with van der Waals surface area (Å²) < 4.78 is 26.5. The number of halogens is 1. The van der Waals surface area contributed by atoms with Crippen molar-refractivity contribution in [1.29, 1.82) is 0 Å². The lowest BCUT2D eigenvalue weighted by molar-refractivity contribution is 0.0337.